The molecule has 0 saturated carbocycles. The van der Waals surface area contributed by atoms with Crippen LogP contribution in [0.2, 0.25) is 0 Å². The van der Waals surface area contributed by atoms with Crippen LogP contribution in [0.4, 0.5) is 5.69 Å². The summed E-state index contributed by atoms with van der Waals surface area (Å²) in [4.78, 5) is 12.0. The van der Waals surface area contributed by atoms with Gasteiger partial charge in [0.15, 0.2) is 0 Å². The van der Waals surface area contributed by atoms with Gasteiger partial charge in [-0.05, 0) is 30.9 Å². The average molecular weight is 246 g/mol. The van der Waals surface area contributed by atoms with Crippen molar-refractivity contribution in [3.05, 3.63) is 29.8 Å². The number of carbonyl (C=O) groups excluding carboxylic acids is 1. The molecule has 1 aromatic rings. The third-order valence-electron chi connectivity index (χ3n) is 3.69. The number of benzene rings is 1. The molecule has 0 aromatic heterocycles. The number of fused-ring (bicyclic) bond motifs is 1. The van der Waals surface area contributed by atoms with Gasteiger partial charge in [0.05, 0.1) is 5.56 Å². The summed E-state index contributed by atoms with van der Waals surface area (Å²) in [6, 6.07) is 7.71. The molecule has 1 aromatic carbocycles. The summed E-state index contributed by atoms with van der Waals surface area (Å²) in [5.41, 5.74) is 1.71. The molecule has 0 spiro atoms. The van der Waals surface area contributed by atoms with Crippen molar-refractivity contribution in [2.24, 2.45) is 5.92 Å². The van der Waals surface area contributed by atoms with Crippen LogP contribution in [0, 0.1) is 5.92 Å². The minimum Gasteiger partial charge on any atom is -0.364 e. The smallest absolute Gasteiger partial charge is 0.254 e. The lowest BCUT2D eigenvalue weighted by molar-refractivity contribution is 0.0919. The van der Waals surface area contributed by atoms with Gasteiger partial charge in [0.2, 0.25) is 0 Å². The lowest BCUT2D eigenvalue weighted by atomic mass is 9.94. The molecule has 3 heteroatoms. The molecule has 1 amide bonds. The van der Waals surface area contributed by atoms with Crippen molar-refractivity contribution in [2.75, 3.05) is 5.32 Å². The number of rotatable bonds is 5. The normalized spacial score (nSPS) is 19.7. The monoisotopic (exact) mass is 246 g/mol. The molecule has 18 heavy (non-hydrogen) atoms. The van der Waals surface area contributed by atoms with Gasteiger partial charge in [0, 0.05) is 5.69 Å². The number of hydrogen-bond acceptors (Lipinski definition) is 2. The fraction of sp³-hybridized carbons (Fsp3) is 0.533. The van der Waals surface area contributed by atoms with E-state index in [1.54, 1.807) is 0 Å². The lowest BCUT2D eigenvalue weighted by Crippen LogP contribution is -2.49. The number of anilines is 1. The molecule has 0 radical (unpaired) electrons. The summed E-state index contributed by atoms with van der Waals surface area (Å²) in [7, 11) is 0. The van der Waals surface area contributed by atoms with E-state index in [2.05, 4.69) is 24.5 Å². The molecule has 2 rings (SSSR count). The van der Waals surface area contributed by atoms with Crippen molar-refractivity contribution in [1.82, 2.24) is 5.32 Å². The predicted molar refractivity (Wildman–Crippen MR) is 74.6 cm³/mol. The fourth-order valence-corrected chi connectivity index (χ4v) is 2.54. The number of nitrogens with one attached hydrogen (secondary N) is 2. The Bertz CT molecular complexity index is 417. The third-order valence-corrected chi connectivity index (χ3v) is 3.69. The zero-order valence-corrected chi connectivity index (χ0v) is 11.2. The Labute approximate surface area is 109 Å². The zero-order chi connectivity index (χ0) is 13.0. The maximum absolute atomic E-state index is 12.0. The highest BCUT2D eigenvalue weighted by atomic mass is 16.2. The van der Waals surface area contributed by atoms with Crippen LogP contribution in [-0.2, 0) is 0 Å². The van der Waals surface area contributed by atoms with Gasteiger partial charge in [-0.25, -0.2) is 0 Å². The first-order chi connectivity index (χ1) is 8.76. The van der Waals surface area contributed by atoms with Crippen LogP contribution >= 0.6 is 0 Å². The van der Waals surface area contributed by atoms with Crippen molar-refractivity contribution < 1.29 is 4.79 Å². The quantitative estimate of drug-likeness (QED) is 0.836. The highest BCUT2D eigenvalue weighted by Crippen LogP contribution is 2.25. The van der Waals surface area contributed by atoms with Gasteiger partial charge in [0.1, 0.15) is 6.17 Å². The van der Waals surface area contributed by atoms with Crippen molar-refractivity contribution in [3.63, 3.8) is 0 Å². The topological polar surface area (TPSA) is 41.1 Å². The highest BCUT2D eigenvalue weighted by Gasteiger charge is 2.27. The average Bonchev–Trinajstić information content (AvgIpc) is 2.40. The van der Waals surface area contributed by atoms with Gasteiger partial charge in [-0.15, -0.1) is 0 Å². The van der Waals surface area contributed by atoms with E-state index in [4.69, 9.17) is 0 Å². The first-order valence-corrected chi connectivity index (χ1v) is 6.92. The van der Waals surface area contributed by atoms with Crippen LogP contribution in [0.15, 0.2) is 24.3 Å². The summed E-state index contributed by atoms with van der Waals surface area (Å²) in [5, 5.41) is 6.54. The second-order valence-electron chi connectivity index (χ2n) is 4.95. The second kappa shape index (κ2) is 5.89. The Morgan fingerprint density at radius 2 is 2.00 bits per heavy atom. The number of hydrogen-bond donors (Lipinski definition) is 2. The van der Waals surface area contributed by atoms with E-state index in [0.29, 0.717) is 5.92 Å². The van der Waals surface area contributed by atoms with Crippen molar-refractivity contribution in [1.29, 1.82) is 0 Å². The molecule has 98 valence electrons. The summed E-state index contributed by atoms with van der Waals surface area (Å²) < 4.78 is 0. The molecule has 2 N–H and O–H groups in total. The first-order valence-electron chi connectivity index (χ1n) is 6.92. The summed E-state index contributed by atoms with van der Waals surface area (Å²) in [6.07, 6.45) is 4.73. The van der Waals surface area contributed by atoms with Crippen molar-refractivity contribution in [2.45, 2.75) is 45.7 Å². The second-order valence-corrected chi connectivity index (χ2v) is 4.95. The summed E-state index contributed by atoms with van der Waals surface area (Å²) >= 11 is 0. The van der Waals surface area contributed by atoms with Gasteiger partial charge in [0.25, 0.3) is 5.91 Å². The maximum Gasteiger partial charge on any atom is 0.254 e. The maximum atomic E-state index is 12.0. The van der Waals surface area contributed by atoms with Crippen LogP contribution in [0.3, 0.4) is 0 Å². The molecule has 0 saturated heterocycles. The molecule has 0 aliphatic carbocycles. The van der Waals surface area contributed by atoms with Crippen LogP contribution < -0.4 is 10.6 Å². The summed E-state index contributed by atoms with van der Waals surface area (Å²) in [5.74, 6) is 0.548. The molecule has 0 bridgehead atoms. The van der Waals surface area contributed by atoms with Gasteiger partial charge in [-0.2, -0.15) is 0 Å². The Balaban J connectivity index is 2.11. The van der Waals surface area contributed by atoms with Gasteiger partial charge >= 0.3 is 0 Å². The van der Waals surface area contributed by atoms with E-state index in [1.165, 1.54) is 12.8 Å². The molecule has 1 aliphatic rings. The molecule has 3 nitrogen and oxygen atoms in total. The lowest BCUT2D eigenvalue weighted by Gasteiger charge is -2.33. The third kappa shape index (κ3) is 2.66. The van der Waals surface area contributed by atoms with E-state index < -0.39 is 0 Å². The predicted octanol–water partition coefficient (Wildman–Crippen LogP) is 3.38. The molecule has 1 unspecified atom stereocenters. The fourth-order valence-electron chi connectivity index (χ4n) is 2.54. The number of amides is 1. The number of carbonyl (C=O) groups is 1. The molecule has 2 atom stereocenters. The van der Waals surface area contributed by atoms with Crippen molar-refractivity contribution in [3.8, 4) is 0 Å². The zero-order valence-electron chi connectivity index (χ0n) is 11.2. The highest BCUT2D eigenvalue weighted by molar-refractivity contribution is 6.01. The Hall–Kier alpha value is -1.51. The molecule has 1 aliphatic heterocycles. The largest absolute Gasteiger partial charge is 0.364 e. The summed E-state index contributed by atoms with van der Waals surface area (Å²) in [6.45, 7) is 4.39. The molecule has 0 fully saturated rings. The van der Waals surface area contributed by atoms with E-state index in [1.807, 2.05) is 24.3 Å². The van der Waals surface area contributed by atoms with E-state index in [9.17, 15) is 4.79 Å². The first kappa shape index (κ1) is 12.9. The Morgan fingerprint density at radius 3 is 2.72 bits per heavy atom. The standard InChI is InChI=1S/C15H22N2O/c1-3-5-8-11(4-2)14-16-13-10-7-6-9-12(13)15(18)17-14/h6-7,9-11,14,16H,3-5,8H2,1-2H3,(H,17,18)/t11-,14?/m1/s1. The minimum atomic E-state index is 0.0456. The number of para-hydroxylation sites is 1. The van der Waals surface area contributed by atoms with Crippen LogP contribution in [0.1, 0.15) is 49.9 Å². The van der Waals surface area contributed by atoms with Gasteiger partial charge in [-0.3, -0.25) is 4.79 Å². The Kier molecular flexibility index (Phi) is 4.24. The molecular formula is C15H22N2O. The molecule has 1 heterocycles. The van der Waals surface area contributed by atoms with Crippen LogP contribution in [-0.4, -0.2) is 12.1 Å². The van der Waals surface area contributed by atoms with E-state index in [0.717, 1.165) is 24.1 Å². The molecular weight excluding hydrogens is 224 g/mol. The Morgan fingerprint density at radius 1 is 1.22 bits per heavy atom. The van der Waals surface area contributed by atoms with E-state index in [-0.39, 0.29) is 12.1 Å². The number of unbranched alkanes of at least 4 members (excludes halogenated alkanes) is 1. The van der Waals surface area contributed by atoms with Gasteiger partial charge < -0.3 is 10.6 Å². The van der Waals surface area contributed by atoms with Gasteiger partial charge in [-0.1, -0.05) is 38.8 Å². The van der Waals surface area contributed by atoms with E-state index >= 15 is 0 Å². The van der Waals surface area contributed by atoms with Crippen LogP contribution in [0.25, 0.3) is 0 Å². The SMILES string of the molecule is CCCC[C@@H](CC)C1NC(=O)c2ccccc2N1. The van der Waals surface area contributed by atoms with Crippen molar-refractivity contribution >= 4 is 11.6 Å². The minimum absolute atomic E-state index is 0.0456. The van der Waals surface area contributed by atoms with Crippen LogP contribution in [0.5, 0.6) is 0 Å².